The molecule has 0 spiro atoms. The fraction of sp³-hybridized carbons (Fsp3) is 0.536. The van der Waals surface area contributed by atoms with Gasteiger partial charge in [0, 0.05) is 29.6 Å². The Morgan fingerprint density at radius 1 is 1.00 bits per heavy atom. The van der Waals surface area contributed by atoms with Crippen molar-refractivity contribution in [2.24, 2.45) is 0 Å². The average Bonchev–Trinajstić information content (AvgIpc) is 3.24. The molecule has 1 aliphatic rings. The Morgan fingerprint density at radius 2 is 1.56 bits per heavy atom. The Bertz CT molecular complexity index is 1160. The van der Waals surface area contributed by atoms with Gasteiger partial charge in [0.25, 0.3) is 0 Å². The lowest BCUT2D eigenvalue weighted by Crippen LogP contribution is -2.49. The minimum atomic E-state index is -2.74. The first-order chi connectivity index (χ1) is 19.2. The molecule has 41 heavy (non-hydrogen) atoms. The fourth-order valence-electron chi connectivity index (χ4n) is 4.49. The molecule has 0 aliphatic carbocycles. The monoisotopic (exact) mass is 592 g/mol. The van der Waals surface area contributed by atoms with Gasteiger partial charge in [-0.15, -0.1) is 11.3 Å². The van der Waals surface area contributed by atoms with Gasteiger partial charge in [0.2, 0.25) is 5.91 Å². The number of carbonyl (C=O) groups is 4. The van der Waals surface area contributed by atoms with Crippen molar-refractivity contribution in [3.05, 3.63) is 40.2 Å². The van der Waals surface area contributed by atoms with Crippen LogP contribution in [0, 0.1) is 6.92 Å². The summed E-state index contributed by atoms with van der Waals surface area (Å²) in [5.74, 6) is -4.79. The van der Waals surface area contributed by atoms with E-state index in [2.05, 4.69) is 48.0 Å². The molecule has 0 unspecified atom stereocenters. The fourth-order valence-corrected chi connectivity index (χ4v) is 5.44. The van der Waals surface area contributed by atoms with Crippen LogP contribution in [0.1, 0.15) is 35.6 Å². The highest BCUT2D eigenvalue weighted by Crippen LogP contribution is 2.29. The highest BCUT2D eigenvalue weighted by atomic mass is 32.1. The number of amides is 1. The number of nitrogens with zero attached hydrogens (tertiary/aromatic N) is 4. The van der Waals surface area contributed by atoms with Crippen molar-refractivity contribution < 1.29 is 39.6 Å². The summed E-state index contributed by atoms with van der Waals surface area (Å²) in [6.45, 7) is 5.83. The number of rotatable bonds is 12. The number of carboxylic acids is 3. The van der Waals surface area contributed by atoms with Crippen LogP contribution >= 0.6 is 11.3 Å². The second-order valence-electron chi connectivity index (χ2n) is 10.5. The number of likely N-dealkylation sites (tertiary alicyclic amines) is 1. The second kappa shape index (κ2) is 15.6. The molecule has 1 aromatic carbocycles. The normalized spacial score (nSPS) is 14.3. The maximum absolute atomic E-state index is 13.4. The van der Waals surface area contributed by atoms with Crippen LogP contribution in [0.4, 0.5) is 0 Å². The summed E-state index contributed by atoms with van der Waals surface area (Å²) >= 11 is 1.65. The number of likely N-dealkylation sites (N-methyl/N-ethyl adjacent to an activating group) is 1. The molecule has 0 saturated carbocycles. The number of aromatic nitrogens is 1. The lowest BCUT2D eigenvalue weighted by Gasteiger charge is -2.38. The number of carboxylic acid groups (broad SMARTS) is 3. The van der Waals surface area contributed by atoms with Gasteiger partial charge in [-0.2, -0.15) is 0 Å². The highest BCUT2D eigenvalue weighted by molar-refractivity contribution is 7.12. The van der Waals surface area contributed by atoms with E-state index in [1.807, 2.05) is 25.1 Å². The molecule has 0 bridgehead atoms. The number of hydrogen-bond acceptors (Lipinski definition) is 9. The smallest absolute Gasteiger partial charge is 0.336 e. The van der Waals surface area contributed by atoms with Crippen LogP contribution in [-0.4, -0.2) is 123 Å². The van der Waals surface area contributed by atoms with Gasteiger partial charge in [-0.05, 0) is 54.0 Å². The molecule has 3 rings (SSSR count). The summed E-state index contributed by atoms with van der Waals surface area (Å²) in [6.07, 6.45) is 0.268. The number of thiazole rings is 1. The first-order valence-electron chi connectivity index (χ1n) is 13.3. The zero-order valence-corrected chi connectivity index (χ0v) is 24.8. The van der Waals surface area contributed by atoms with E-state index in [0.29, 0.717) is 12.5 Å². The van der Waals surface area contributed by atoms with E-state index in [0.717, 1.165) is 60.2 Å². The third kappa shape index (κ3) is 10.8. The molecule has 226 valence electrons. The van der Waals surface area contributed by atoms with Crippen LogP contribution < -0.4 is 0 Å². The average molecular weight is 593 g/mol. The number of hydrogen-bond donors (Lipinski definition) is 4. The van der Waals surface area contributed by atoms with Gasteiger partial charge in [0.05, 0.1) is 30.0 Å². The predicted octanol–water partition coefficient (Wildman–Crippen LogP) is 1.90. The van der Waals surface area contributed by atoms with E-state index in [1.54, 1.807) is 11.3 Å². The lowest BCUT2D eigenvalue weighted by atomic mass is 9.96. The Balaban J connectivity index is 0.000000383. The molecule has 13 heteroatoms. The summed E-state index contributed by atoms with van der Waals surface area (Å²) in [5, 5.41) is 34.8. The predicted molar refractivity (Wildman–Crippen MR) is 154 cm³/mol. The molecule has 1 aromatic heterocycles. The zero-order chi connectivity index (χ0) is 30.7. The molecule has 1 aliphatic heterocycles. The lowest BCUT2D eigenvalue weighted by molar-refractivity contribution is -0.170. The zero-order valence-electron chi connectivity index (χ0n) is 23.9. The van der Waals surface area contributed by atoms with Gasteiger partial charge < -0.3 is 35.1 Å². The van der Waals surface area contributed by atoms with Crippen molar-refractivity contribution in [2.75, 3.05) is 47.3 Å². The van der Waals surface area contributed by atoms with Gasteiger partial charge in [0.15, 0.2) is 5.60 Å². The third-order valence-corrected chi connectivity index (χ3v) is 7.66. The van der Waals surface area contributed by atoms with Gasteiger partial charge in [0.1, 0.15) is 0 Å². The van der Waals surface area contributed by atoms with E-state index in [1.165, 1.54) is 0 Å². The number of benzene rings is 1. The van der Waals surface area contributed by atoms with Gasteiger partial charge in [-0.3, -0.25) is 14.4 Å². The second-order valence-corrected chi connectivity index (χ2v) is 11.7. The molecule has 1 saturated heterocycles. The summed E-state index contributed by atoms with van der Waals surface area (Å²) < 4.78 is 0. The Kier molecular flexibility index (Phi) is 12.8. The first-order valence-corrected chi connectivity index (χ1v) is 14.1. The van der Waals surface area contributed by atoms with Crippen LogP contribution in [0.3, 0.4) is 0 Å². The molecule has 4 N–H and O–H groups in total. The molecule has 0 atom stereocenters. The first kappa shape index (κ1) is 33.8. The molecule has 2 aromatic rings. The molecular formula is C28H40N4O8S. The number of aryl methyl sites for hydroxylation is 1. The highest BCUT2D eigenvalue weighted by Gasteiger charge is 2.40. The largest absolute Gasteiger partial charge is 0.481 e. The summed E-state index contributed by atoms with van der Waals surface area (Å²) in [7, 11) is 6.29. The van der Waals surface area contributed by atoms with Crippen molar-refractivity contribution in [1.82, 2.24) is 19.7 Å². The van der Waals surface area contributed by atoms with Crippen LogP contribution in [0.15, 0.2) is 30.3 Å². The minimum absolute atomic E-state index is 0.234. The molecule has 1 amide bonds. The van der Waals surface area contributed by atoms with Gasteiger partial charge in [-0.25, -0.2) is 9.78 Å². The van der Waals surface area contributed by atoms with Gasteiger partial charge >= 0.3 is 17.9 Å². The molecule has 12 nitrogen and oxygen atoms in total. The van der Waals surface area contributed by atoms with E-state index in [9.17, 15) is 19.2 Å². The number of piperidine rings is 1. The molecule has 2 heterocycles. The van der Waals surface area contributed by atoms with Crippen molar-refractivity contribution in [3.63, 3.8) is 0 Å². The van der Waals surface area contributed by atoms with Crippen LogP contribution in [0.2, 0.25) is 0 Å². The quantitative estimate of drug-likeness (QED) is 0.284. The topological polar surface area (TPSA) is 172 Å². The molecule has 1 fully saturated rings. The number of aliphatic hydroxyl groups is 1. The minimum Gasteiger partial charge on any atom is -0.481 e. The van der Waals surface area contributed by atoms with Crippen LogP contribution in [0.5, 0.6) is 0 Å². The van der Waals surface area contributed by atoms with Crippen LogP contribution in [0.25, 0.3) is 11.3 Å². The van der Waals surface area contributed by atoms with E-state index in [-0.39, 0.29) is 5.91 Å². The van der Waals surface area contributed by atoms with Crippen molar-refractivity contribution in [3.8, 4) is 11.3 Å². The van der Waals surface area contributed by atoms with Crippen molar-refractivity contribution >= 4 is 35.2 Å². The van der Waals surface area contributed by atoms with E-state index in [4.69, 9.17) is 25.4 Å². The van der Waals surface area contributed by atoms with Crippen molar-refractivity contribution in [2.45, 2.75) is 50.7 Å². The Labute approximate surface area is 243 Å². The van der Waals surface area contributed by atoms with Crippen LogP contribution in [-0.2, 0) is 25.6 Å². The Morgan fingerprint density at radius 3 is 2.05 bits per heavy atom. The standard InChI is InChI=1S/C22H32N4OS.C6H8O7/c1-17-23-22(18-8-6-5-7-9-18)20(28-17)16-21(27)26(15-14-24(2)3)19-10-12-25(4)13-11-19;7-3(8)1-6(13,5(11)12)2-4(9)10/h5-9,19H,10-16H2,1-4H3;13H,1-2H2,(H,7,8)(H,9,10)(H,11,12). The summed E-state index contributed by atoms with van der Waals surface area (Å²) in [5.41, 5.74) is -0.682. The SMILES string of the molecule is Cc1nc(-c2ccccc2)c(CC(=O)N(CCN(C)C)C2CCN(C)CC2)s1.O=C(O)CC(O)(CC(=O)O)C(=O)O. The summed E-state index contributed by atoms with van der Waals surface area (Å²) in [6, 6.07) is 10.6. The molecule has 0 radical (unpaired) electrons. The molecular weight excluding hydrogens is 552 g/mol. The van der Waals surface area contributed by atoms with E-state index >= 15 is 0 Å². The number of aliphatic carboxylic acids is 3. The van der Waals surface area contributed by atoms with E-state index < -0.39 is 36.4 Å². The maximum Gasteiger partial charge on any atom is 0.336 e. The Hall–Kier alpha value is -3.39. The summed E-state index contributed by atoms with van der Waals surface area (Å²) in [4.78, 5) is 56.3. The maximum atomic E-state index is 13.4. The van der Waals surface area contributed by atoms with Crippen molar-refractivity contribution in [1.29, 1.82) is 0 Å². The third-order valence-electron chi connectivity index (χ3n) is 6.69. The number of carbonyl (C=O) groups excluding carboxylic acids is 1. The van der Waals surface area contributed by atoms with Gasteiger partial charge in [-0.1, -0.05) is 30.3 Å².